The zero-order valence-electron chi connectivity index (χ0n) is 32.4. The van der Waals surface area contributed by atoms with E-state index in [1.165, 1.54) is 241 Å². The van der Waals surface area contributed by atoms with Crippen molar-refractivity contribution in [2.45, 2.75) is 221 Å². The van der Waals surface area contributed by atoms with E-state index >= 15 is 0 Å². The molecule has 0 aromatic rings. The van der Waals surface area contributed by atoms with Crippen LogP contribution in [0.4, 0.5) is 0 Å². The zero-order chi connectivity index (χ0) is 32.5. The third kappa shape index (κ3) is 25.1. The summed E-state index contributed by atoms with van der Waals surface area (Å²) in [5.74, 6) is 0. The van der Waals surface area contributed by atoms with Crippen LogP contribution in [0, 0.1) is 0 Å². The molecule has 0 saturated heterocycles. The summed E-state index contributed by atoms with van der Waals surface area (Å²) in [6.07, 6.45) is 40.6. The van der Waals surface area contributed by atoms with Crippen molar-refractivity contribution in [3.05, 3.63) is 0 Å². The summed E-state index contributed by atoms with van der Waals surface area (Å²) < 4.78 is 2.81. The standard InChI is InChI=1S/C42H90N2/c1-7-35-43(36-8-2,37-9-3)41-33-31-29-27-25-23-21-19-17-15-13-14-16-18-20-22-24-26-28-30-32-34-42-44(38-10-4,39-11-5)40-12-6/h7-42H2,1-6H3/q+2. The van der Waals surface area contributed by atoms with Crippen molar-refractivity contribution in [3.8, 4) is 0 Å². The van der Waals surface area contributed by atoms with Crippen molar-refractivity contribution >= 4 is 0 Å². The second-order valence-electron chi connectivity index (χ2n) is 15.3. The first-order chi connectivity index (χ1) is 21.6. The Morgan fingerprint density at radius 1 is 0.182 bits per heavy atom. The lowest BCUT2D eigenvalue weighted by atomic mass is 10.0. The van der Waals surface area contributed by atoms with Crippen LogP contribution >= 0.6 is 0 Å². The van der Waals surface area contributed by atoms with Crippen LogP contribution in [0.1, 0.15) is 221 Å². The van der Waals surface area contributed by atoms with E-state index in [-0.39, 0.29) is 0 Å². The van der Waals surface area contributed by atoms with Crippen molar-refractivity contribution < 1.29 is 8.97 Å². The molecule has 0 radical (unpaired) electrons. The average Bonchev–Trinajstić information content (AvgIpc) is 3.00. The van der Waals surface area contributed by atoms with Crippen LogP contribution in [-0.4, -0.2) is 61.3 Å². The van der Waals surface area contributed by atoms with E-state index in [1.54, 1.807) is 0 Å². The Balaban J connectivity index is 3.45. The molecule has 0 unspecified atom stereocenters. The Kier molecular flexibility index (Phi) is 32.8. The Hall–Kier alpha value is -0.0800. The number of unbranched alkanes of at least 4 members (excludes halogenated alkanes) is 21. The summed E-state index contributed by atoms with van der Waals surface area (Å²) in [6.45, 7) is 25.6. The molecular weight excluding hydrogens is 532 g/mol. The summed E-state index contributed by atoms with van der Waals surface area (Å²) in [7, 11) is 0. The zero-order valence-corrected chi connectivity index (χ0v) is 32.4. The number of nitrogens with zero attached hydrogens (tertiary/aromatic N) is 2. The lowest BCUT2D eigenvalue weighted by Crippen LogP contribution is -2.50. The molecule has 0 fully saturated rings. The van der Waals surface area contributed by atoms with Crippen molar-refractivity contribution in [1.29, 1.82) is 0 Å². The van der Waals surface area contributed by atoms with Gasteiger partial charge in [0.2, 0.25) is 0 Å². The predicted octanol–water partition coefficient (Wildman–Crippen LogP) is 13.7. The molecule has 0 amide bonds. The fourth-order valence-corrected chi connectivity index (χ4v) is 8.62. The largest absolute Gasteiger partial charge is 0.324 e. The molecule has 0 aliphatic carbocycles. The van der Waals surface area contributed by atoms with Crippen LogP contribution in [0.3, 0.4) is 0 Å². The molecule has 0 heterocycles. The van der Waals surface area contributed by atoms with Gasteiger partial charge in [0, 0.05) is 0 Å². The molecule has 0 atom stereocenters. The van der Waals surface area contributed by atoms with Crippen LogP contribution in [0.2, 0.25) is 0 Å². The van der Waals surface area contributed by atoms with Crippen LogP contribution in [-0.2, 0) is 0 Å². The molecule has 0 aliphatic rings. The van der Waals surface area contributed by atoms with Crippen molar-refractivity contribution in [2.75, 3.05) is 52.4 Å². The van der Waals surface area contributed by atoms with Gasteiger partial charge in [-0.3, -0.25) is 0 Å². The minimum Gasteiger partial charge on any atom is -0.324 e. The van der Waals surface area contributed by atoms with Gasteiger partial charge >= 0.3 is 0 Å². The van der Waals surface area contributed by atoms with Crippen molar-refractivity contribution in [2.24, 2.45) is 0 Å². The maximum Gasteiger partial charge on any atom is 0.0786 e. The number of rotatable bonds is 37. The van der Waals surface area contributed by atoms with Gasteiger partial charge in [0.25, 0.3) is 0 Å². The van der Waals surface area contributed by atoms with E-state index in [0.717, 1.165) is 0 Å². The monoisotopic (exact) mass is 623 g/mol. The molecule has 266 valence electrons. The third-order valence-electron chi connectivity index (χ3n) is 10.7. The fraction of sp³-hybridized carbons (Fsp3) is 1.00. The van der Waals surface area contributed by atoms with Crippen LogP contribution in [0.5, 0.6) is 0 Å². The van der Waals surface area contributed by atoms with Gasteiger partial charge in [-0.25, -0.2) is 0 Å². The normalized spacial score (nSPS) is 12.4. The van der Waals surface area contributed by atoms with E-state index in [9.17, 15) is 0 Å². The molecule has 2 heteroatoms. The molecule has 0 aliphatic heterocycles. The van der Waals surface area contributed by atoms with Gasteiger partial charge in [-0.2, -0.15) is 0 Å². The third-order valence-corrected chi connectivity index (χ3v) is 10.7. The smallest absolute Gasteiger partial charge is 0.0786 e. The first-order valence-corrected chi connectivity index (χ1v) is 21.3. The van der Waals surface area contributed by atoms with Crippen LogP contribution in [0.15, 0.2) is 0 Å². The minimum atomic E-state index is 1.35. The van der Waals surface area contributed by atoms with E-state index in [2.05, 4.69) is 41.5 Å². The number of quaternary nitrogens is 2. The molecule has 0 aromatic heterocycles. The highest BCUT2D eigenvalue weighted by Gasteiger charge is 2.24. The molecule has 0 spiro atoms. The first kappa shape index (κ1) is 43.9. The lowest BCUT2D eigenvalue weighted by molar-refractivity contribution is -0.928. The molecule has 0 aromatic carbocycles. The first-order valence-electron chi connectivity index (χ1n) is 21.3. The molecule has 0 saturated carbocycles. The summed E-state index contributed by atoms with van der Waals surface area (Å²) in [6, 6.07) is 0. The van der Waals surface area contributed by atoms with Crippen LogP contribution in [0.25, 0.3) is 0 Å². The van der Waals surface area contributed by atoms with E-state index in [4.69, 9.17) is 0 Å². The van der Waals surface area contributed by atoms with Gasteiger partial charge in [-0.05, 0) is 64.2 Å². The molecule has 0 bridgehead atoms. The molecule has 2 nitrogen and oxygen atoms in total. The Labute approximate surface area is 282 Å². The predicted molar refractivity (Wildman–Crippen MR) is 203 cm³/mol. The molecule has 0 N–H and O–H groups in total. The summed E-state index contributed by atoms with van der Waals surface area (Å²) >= 11 is 0. The lowest BCUT2D eigenvalue weighted by Gasteiger charge is -2.38. The van der Waals surface area contributed by atoms with Gasteiger partial charge in [-0.15, -0.1) is 0 Å². The van der Waals surface area contributed by atoms with Gasteiger partial charge in [0.15, 0.2) is 0 Å². The second-order valence-corrected chi connectivity index (χ2v) is 15.3. The van der Waals surface area contributed by atoms with E-state index in [1.807, 2.05) is 0 Å². The topological polar surface area (TPSA) is 0 Å². The van der Waals surface area contributed by atoms with Gasteiger partial charge in [0.05, 0.1) is 52.4 Å². The quantitative estimate of drug-likeness (QED) is 0.0477. The number of hydrogen-bond donors (Lipinski definition) is 0. The van der Waals surface area contributed by atoms with Gasteiger partial charge in [0.1, 0.15) is 0 Å². The maximum atomic E-state index is 2.38. The Bertz CT molecular complexity index is 462. The van der Waals surface area contributed by atoms with Gasteiger partial charge < -0.3 is 8.97 Å². The Morgan fingerprint density at radius 3 is 0.455 bits per heavy atom. The summed E-state index contributed by atoms with van der Waals surface area (Å²) in [4.78, 5) is 0. The summed E-state index contributed by atoms with van der Waals surface area (Å²) in [5, 5.41) is 0. The molecule has 0 rings (SSSR count). The minimum absolute atomic E-state index is 1.35. The average molecular weight is 623 g/mol. The maximum absolute atomic E-state index is 2.38. The highest BCUT2D eigenvalue weighted by atomic mass is 15.3. The SMILES string of the molecule is CCC[N+](CCC)(CCC)CCCCCCCCCCCCCCCCCCCCCCCC[N+](CCC)(CCC)CCC. The molecule has 44 heavy (non-hydrogen) atoms. The van der Waals surface area contributed by atoms with Crippen molar-refractivity contribution in [1.82, 2.24) is 0 Å². The van der Waals surface area contributed by atoms with Gasteiger partial charge in [-0.1, -0.05) is 157 Å². The highest BCUT2D eigenvalue weighted by Crippen LogP contribution is 2.19. The summed E-state index contributed by atoms with van der Waals surface area (Å²) in [5.41, 5.74) is 0. The highest BCUT2D eigenvalue weighted by molar-refractivity contribution is 4.53. The Morgan fingerprint density at radius 2 is 0.318 bits per heavy atom. The van der Waals surface area contributed by atoms with Crippen LogP contribution < -0.4 is 0 Å². The second kappa shape index (κ2) is 32.8. The van der Waals surface area contributed by atoms with E-state index in [0.29, 0.717) is 0 Å². The fourth-order valence-electron chi connectivity index (χ4n) is 8.62. The van der Waals surface area contributed by atoms with E-state index < -0.39 is 0 Å². The number of hydrogen-bond acceptors (Lipinski definition) is 0. The molecular formula is C42H90N2+2. The van der Waals surface area contributed by atoms with Crippen molar-refractivity contribution in [3.63, 3.8) is 0 Å².